The number of ether oxygens (including phenoxy) is 1. The second-order valence-electron chi connectivity index (χ2n) is 4.73. The van der Waals surface area contributed by atoms with E-state index in [-0.39, 0.29) is 0 Å². The fourth-order valence-corrected chi connectivity index (χ4v) is 2.32. The molecule has 16 heavy (non-hydrogen) atoms. The first-order valence-electron chi connectivity index (χ1n) is 5.71. The van der Waals surface area contributed by atoms with E-state index in [4.69, 9.17) is 9.15 Å². The maximum atomic E-state index is 5.44. The molecule has 1 saturated heterocycles. The number of hydrogen-bond acceptors (Lipinski definition) is 3. The number of nitrogens with one attached hydrogen (secondary N) is 1. The largest absolute Gasteiger partial charge is 0.453 e. The van der Waals surface area contributed by atoms with Crippen LogP contribution in [0.4, 0.5) is 0 Å². The summed E-state index contributed by atoms with van der Waals surface area (Å²) in [6, 6.07) is 3.91. The minimum atomic E-state index is 0.377. The van der Waals surface area contributed by atoms with Gasteiger partial charge in [-0.15, -0.1) is 0 Å². The zero-order chi connectivity index (χ0) is 11.4. The molecule has 1 aromatic rings. The Labute approximate surface area is 105 Å². The van der Waals surface area contributed by atoms with E-state index in [1.807, 2.05) is 12.1 Å². The lowest BCUT2D eigenvalue weighted by Gasteiger charge is -2.33. The summed E-state index contributed by atoms with van der Waals surface area (Å²) < 4.78 is 11.6. The van der Waals surface area contributed by atoms with Gasteiger partial charge in [-0.05, 0) is 46.3 Å². The second kappa shape index (κ2) is 5.34. The lowest BCUT2D eigenvalue weighted by atomic mass is 9.82. The highest BCUT2D eigenvalue weighted by atomic mass is 79.9. The maximum Gasteiger partial charge on any atom is 0.169 e. The average Bonchev–Trinajstić information content (AvgIpc) is 2.65. The van der Waals surface area contributed by atoms with Gasteiger partial charge < -0.3 is 14.5 Å². The Kier molecular flexibility index (Phi) is 4.05. The van der Waals surface area contributed by atoms with Gasteiger partial charge >= 0.3 is 0 Å². The molecule has 0 aliphatic carbocycles. The summed E-state index contributed by atoms with van der Waals surface area (Å²) in [6.07, 6.45) is 2.28. The molecule has 2 rings (SSSR count). The molecular formula is C12H18BrNO2. The van der Waals surface area contributed by atoms with E-state index in [2.05, 4.69) is 28.2 Å². The van der Waals surface area contributed by atoms with E-state index >= 15 is 0 Å². The summed E-state index contributed by atoms with van der Waals surface area (Å²) in [6.45, 7) is 5.92. The zero-order valence-corrected chi connectivity index (χ0v) is 11.2. The Bertz CT molecular complexity index is 332. The van der Waals surface area contributed by atoms with Crippen LogP contribution in [0.15, 0.2) is 21.2 Å². The molecule has 1 aliphatic rings. The fraction of sp³-hybridized carbons (Fsp3) is 0.667. The van der Waals surface area contributed by atoms with Crippen LogP contribution in [0.2, 0.25) is 0 Å². The summed E-state index contributed by atoms with van der Waals surface area (Å²) in [5.74, 6) is 0.975. The smallest absolute Gasteiger partial charge is 0.169 e. The van der Waals surface area contributed by atoms with E-state index in [9.17, 15) is 0 Å². The predicted octanol–water partition coefficient (Wildman–Crippen LogP) is 2.95. The van der Waals surface area contributed by atoms with Crippen LogP contribution in [-0.2, 0) is 11.3 Å². The normalized spacial score (nSPS) is 19.9. The van der Waals surface area contributed by atoms with Crippen LogP contribution in [0.3, 0.4) is 0 Å². The van der Waals surface area contributed by atoms with Crippen LogP contribution in [-0.4, -0.2) is 19.8 Å². The van der Waals surface area contributed by atoms with Crippen LogP contribution < -0.4 is 5.32 Å². The minimum absolute atomic E-state index is 0.377. The molecule has 2 heterocycles. The van der Waals surface area contributed by atoms with Crippen molar-refractivity contribution in [2.45, 2.75) is 26.3 Å². The van der Waals surface area contributed by atoms with Crippen molar-refractivity contribution < 1.29 is 9.15 Å². The molecule has 90 valence electrons. The third-order valence-corrected chi connectivity index (χ3v) is 3.61. The van der Waals surface area contributed by atoms with E-state index in [1.165, 1.54) is 0 Å². The highest BCUT2D eigenvalue weighted by Crippen LogP contribution is 2.28. The van der Waals surface area contributed by atoms with Gasteiger partial charge in [-0.1, -0.05) is 6.92 Å². The van der Waals surface area contributed by atoms with Gasteiger partial charge in [-0.3, -0.25) is 0 Å². The molecule has 3 nitrogen and oxygen atoms in total. The van der Waals surface area contributed by atoms with Gasteiger partial charge in [0.25, 0.3) is 0 Å². The Morgan fingerprint density at radius 2 is 2.12 bits per heavy atom. The molecule has 0 aromatic carbocycles. The lowest BCUT2D eigenvalue weighted by Crippen LogP contribution is -2.36. The second-order valence-corrected chi connectivity index (χ2v) is 5.51. The number of furan rings is 1. The third kappa shape index (κ3) is 3.34. The van der Waals surface area contributed by atoms with E-state index in [0.29, 0.717) is 5.41 Å². The molecular weight excluding hydrogens is 270 g/mol. The molecule has 1 N–H and O–H groups in total. The van der Waals surface area contributed by atoms with Gasteiger partial charge in [0.2, 0.25) is 0 Å². The number of hydrogen-bond donors (Lipinski definition) is 1. The SMILES string of the molecule is CC1(CNCc2ccc(Br)o2)CCOCC1. The third-order valence-electron chi connectivity index (χ3n) is 3.18. The van der Waals surface area contributed by atoms with Crippen LogP contribution in [0.25, 0.3) is 0 Å². The average molecular weight is 288 g/mol. The molecule has 0 bridgehead atoms. The summed E-state index contributed by atoms with van der Waals surface area (Å²) in [5, 5.41) is 3.46. The molecule has 1 fully saturated rings. The van der Waals surface area contributed by atoms with Crippen molar-refractivity contribution in [1.29, 1.82) is 0 Å². The predicted molar refractivity (Wildman–Crippen MR) is 66.3 cm³/mol. The molecule has 0 unspecified atom stereocenters. The lowest BCUT2D eigenvalue weighted by molar-refractivity contribution is 0.0238. The Balaban J connectivity index is 1.74. The van der Waals surface area contributed by atoms with E-state index in [0.717, 1.165) is 49.6 Å². The van der Waals surface area contributed by atoms with Gasteiger partial charge in [0.05, 0.1) is 6.54 Å². The van der Waals surface area contributed by atoms with Crippen molar-refractivity contribution in [3.05, 3.63) is 22.6 Å². The van der Waals surface area contributed by atoms with Gasteiger partial charge in [-0.2, -0.15) is 0 Å². The monoisotopic (exact) mass is 287 g/mol. The first-order chi connectivity index (χ1) is 7.68. The number of rotatable bonds is 4. The van der Waals surface area contributed by atoms with Crippen LogP contribution >= 0.6 is 15.9 Å². The summed E-state index contributed by atoms with van der Waals surface area (Å²) in [4.78, 5) is 0. The molecule has 0 spiro atoms. The minimum Gasteiger partial charge on any atom is -0.453 e. The first-order valence-corrected chi connectivity index (χ1v) is 6.50. The first kappa shape index (κ1) is 12.1. The van der Waals surface area contributed by atoms with Gasteiger partial charge in [0.1, 0.15) is 5.76 Å². The molecule has 0 saturated carbocycles. The zero-order valence-electron chi connectivity index (χ0n) is 9.59. The Hall–Kier alpha value is -0.320. The molecule has 0 radical (unpaired) electrons. The van der Waals surface area contributed by atoms with Crippen LogP contribution in [0.5, 0.6) is 0 Å². The van der Waals surface area contributed by atoms with Crippen molar-refractivity contribution in [1.82, 2.24) is 5.32 Å². The van der Waals surface area contributed by atoms with Crippen molar-refractivity contribution in [2.24, 2.45) is 5.41 Å². The van der Waals surface area contributed by atoms with Gasteiger partial charge in [0.15, 0.2) is 4.67 Å². The van der Waals surface area contributed by atoms with Crippen molar-refractivity contribution in [3.63, 3.8) is 0 Å². The molecule has 0 atom stereocenters. The Morgan fingerprint density at radius 1 is 1.38 bits per heavy atom. The Morgan fingerprint density at radius 3 is 2.75 bits per heavy atom. The molecule has 4 heteroatoms. The maximum absolute atomic E-state index is 5.44. The highest BCUT2D eigenvalue weighted by molar-refractivity contribution is 9.10. The van der Waals surface area contributed by atoms with Crippen LogP contribution in [0.1, 0.15) is 25.5 Å². The highest BCUT2D eigenvalue weighted by Gasteiger charge is 2.26. The van der Waals surface area contributed by atoms with Gasteiger partial charge in [-0.25, -0.2) is 0 Å². The fourth-order valence-electron chi connectivity index (χ4n) is 1.98. The topological polar surface area (TPSA) is 34.4 Å². The number of halogens is 1. The molecule has 0 amide bonds. The standard InChI is InChI=1S/C12H18BrNO2/c1-12(4-6-15-7-5-12)9-14-8-10-2-3-11(13)16-10/h2-3,14H,4-9H2,1H3. The van der Waals surface area contributed by atoms with Crippen LogP contribution in [0, 0.1) is 5.41 Å². The van der Waals surface area contributed by atoms with E-state index < -0.39 is 0 Å². The van der Waals surface area contributed by atoms with Crippen molar-refractivity contribution in [3.8, 4) is 0 Å². The van der Waals surface area contributed by atoms with Crippen molar-refractivity contribution >= 4 is 15.9 Å². The summed E-state index contributed by atoms with van der Waals surface area (Å²) >= 11 is 3.30. The van der Waals surface area contributed by atoms with Gasteiger partial charge in [0, 0.05) is 19.8 Å². The quantitative estimate of drug-likeness (QED) is 0.925. The molecule has 1 aliphatic heterocycles. The van der Waals surface area contributed by atoms with E-state index in [1.54, 1.807) is 0 Å². The summed E-state index contributed by atoms with van der Waals surface area (Å²) in [5.41, 5.74) is 0.377. The molecule has 1 aromatic heterocycles. The summed E-state index contributed by atoms with van der Waals surface area (Å²) in [7, 11) is 0. The van der Waals surface area contributed by atoms with Crippen molar-refractivity contribution in [2.75, 3.05) is 19.8 Å².